The van der Waals surface area contributed by atoms with Gasteiger partial charge < -0.3 is 4.90 Å². The molecule has 0 bridgehead atoms. The molecule has 0 N–H and O–H groups in total. The van der Waals surface area contributed by atoms with Crippen molar-refractivity contribution >= 4 is 30.1 Å². The molecule has 2 rings (SSSR count). The van der Waals surface area contributed by atoms with E-state index in [1.54, 1.807) is 36.3 Å². The first-order valence-electron chi connectivity index (χ1n) is 6.22. The van der Waals surface area contributed by atoms with Gasteiger partial charge in [-0.3, -0.25) is 9.78 Å². The normalized spacial score (nSPS) is 10.3. The van der Waals surface area contributed by atoms with Crippen molar-refractivity contribution in [2.75, 3.05) is 13.6 Å². The van der Waals surface area contributed by atoms with E-state index in [4.69, 9.17) is 11.6 Å². The molecule has 5 heteroatoms. The van der Waals surface area contributed by atoms with Gasteiger partial charge in [0.15, 0.2) is 0 Å². The Morgan fingerprint density at radius 1 is 1.35 bits per heavy atom. The van der Waals surface area contributed by atoms with Gasteiger partial charge >= 0.3 is 0 Å². The minimum absolute atomic E-state index is 0.109. The monoisotopic (exact) mass is 306 g/mol. The van der Waals surface area contributed by atoms with E-state index in [0.29, 0.717) is 23.6 Å². The predicted octanol–water partition coefficient (Wildman–Crippen LogP) is 3.34. The zero-order valence-corrected chi connectivity index (χ0v) is 12.7. The SMILES string of the molecule is CN(CCc1ccccn1)C(=O)c1cc(S)ccc1Cl. The quantitative estimate of drug-likeness (QED) is 0.879. The lowest BCUT2D eigenvalue weighted by molar-refractivity contribution is 0.0796. The summed E-state index contributed by atoms with van der Waals surface area (Å²) in [6, 6.07) is 10.9. The second-order valence-electron chi connectivity index (χ2n) is 4.46. The number of rotatable bonds is 4. The molecule has 1 heterocycles. The third-order valence-electron chi connectivity index (χ3n) is 2.96. The molecule has 0 aliphatic rings. The zero-order valence-electron chi connectivity index (χ0n) is 11.1. The van der Waals surface area contributed by atoms with Crippen LogP contribution >= 0.6 is 24.2 Å². The Morgan fingerprint density at radius 2 is 2.15 bits per heavy atom. The summed E-state index contributed by atoms with van der Waals surface area (Å²) < 4.78 is 0. The third-order valence-corrected chi connectivity index (χ3v) is 3.56. The fourth-order valence-corrected chi connectivity index (χ4v) is 2.21. The van der Waals surface area contributed by atoms with Crippen molar-refractivity contribution in [1.29, 1.82) is 0 Å². The summed E-state index contributed by atoms with van der Waals surface area (Å²) in [5.41, 5.74) is 1.43. The minimum atomic E-state index is -0.109. The van der Waals surface area contributed by atoms with Gasteiger partial charge in [0.25, 0.3) is 5.91 Å². The van der Waals surface area contributed by atoms with Crippen LogP contribution < -0.4 is 0 Å². The van der Waals surface area contributed by atoms with Gasteiger partial charge in [0, 0.05) is 36.8 Å². The molecule has 0 aliphatic carbocycles. The maximum Gasteiger partial charge on any atom is 0.255 e. The van der Waals surface area contributed by atoms with Crippen molar-refractivity contribution in [2.24, 2.45) is 0 Å². The minimum Gasteiger partial charge on any atom is -0.341 e. The number of benzene rings is 1. The largest absolute Gasteiger partial charge is 0.341 e. The van der Waals surface area contributed by atoms with Gasteiger partial charge in [-0.1, -0.05) is 17.7 Å². The molecule has 20 heavy (non-hydrogen) atoms. The number of pyridine rings is 1. The first-order chi connectivity index (χ1) is 9.58. The van der Waals surface area contributed by atoms with Crippen molar-refractivity contribution in [2.45, 2.75) is 11.3 Å². The number of thiol groups is 1. The highest BCUT2D eigenvalue weighted by Gasteiger charge is 2.15. The van der Waals surface area contributed by atoms with E-state index in [0.717, 1.165) is 10.6 Å². The summed E-state index contributed by atoms with van der Waals surface area (Å²) in [7, 11) is 1.76. The summed E-state index contributed by atoms with van der Waals surface area (Å²) in [5, 5.41) is 0.442. The van der Waals surface area contributed by atoms with Crippen molar-refractivity contribution in [3.8, 4) is 0 Å². The van der Waals surface area contributed by atoms with Gasteiger partial charge in [-0.05, 0) is 30.3 Å². The van der Waals surface area contributed by atoms with Gasteiger partial charge in [0.1, 0.15) is 0 Å². The lowest BCUT2D eigenvalue weighted by atomic mass is 10.2. The Labute approximate surface area is 129 Å². The van der Waals surface area contributed by atoms with E-state index >= 15 is 0 Å². The first kappa shape index (κ1) is 14.9. The van der Waals surface area contributed by atoms with Crippen molar-refractivity contribution < 1.29 is 4.79 Å². The van der Waals surface area contributed by atoms with Gasteiger partial charge in [0.2, 0.25) is 0 Å². The maximum absolute atomic E-state index is 12.3. The van der Waals surface area contributed by atoms with Crippen LogP contribution in [0, 0.1) is 0 Å². The van der Waals surface area contributed by atoms with Crippen LogP contribution in [0.4, 0.5) is 0 Å². The highest BCUT2D eigenvalue weighted by molar-refractivity contribution is 7.80. The Kier molecular flexibility index (Phi) is 5.04. The van der Waals surface area contributed by atoms with Crippen LogP contribution in [0.3, 0.4) is 0 Å². The van der Waals surface area contributed by atoms with Crippen molar-refractivity contribution in [3.63, 3.8) is 0 Å². The van der Waals surface area contributed by atoms with E-state index < -0.39 is 0 Å². The first-order valence-corrected chi connectivity index (χ1v) is 7.04. The van der Waals surface area contributed by atoms with Gasteiger partial charge in [-0.2, -0.15) is 0 Å². The highest BCUT2D eigenvalue weighted by atomic mass is 35.5. The van der Waals surface area contributed by atoms with Crippen LogP contribution in [0.15, 0.2) is 47.5 Å². The molecular formula is C15H15ClN2OS. The van der Waals surface area contributed by atoms with E-state index in [1.165, 1.54) is 0 Å². The average molecular weight is 307 g/mol. The molecule has 0 unspecified atom stereocenters. The molecule has 1 aromatic heterocycles. The number of amides is 1. The summed E-state index contributed by atoms with van der Waals surface area (Å²) in [6.07, 6.45) is 2.46. The van der Waals surface area contributed by atoms with Crippen LogP contribution in [0.1, 0.15) is 16.1 Å². The summed E-state index contributed by atoms with van der Waals surface area (Å²) in [6.45, 7) is 0.586. The summed E-state index contributed by atoms with van der Waals surface area (Å²) in [4.78, 5) is 18.9. The van der Waals surface area contributed by atoms with E-state index in [9.17, 15) is 4.79 Å². The molecule has 1 amide bonds. The second-order valence-corrected chi connectivity index (χ2v) is 5.39. The Bertz CT molecular complexity index is 604. The van der Waals surface area contributed by atoms with Crippen LogP contribution in [0.2, 0.25) is 5.02 Å². The number of aromatic nitrogens is 1. The standard InChI is InChI=1S/C15H15ClN2OS/c1-18(9-7-11-4-2-3-8-17-11)15(19)13-10-12(20)5-6-14(13)16/h2-6,8,10,20H,7,9H2,1H3. The molecule has 0 spiro atoms. The number of hydrogen-bond acceptors (Lipinski definition) is 3. The van der Waals surface area contributed by atoms with E-state index in [2.05, 4.69) is 17.6 Å². The highest BCUT2D eigenvalue weighted by Crippen LogP contribution is 2.21. The van der Waals surface area contributed by atoms with Crippen molar-refractivity contribution in [1.82, 2.24) is 9.88 Å². The summed E-state index contributed by atoms with van der Waals surface area (Å²) >= 11 is 10.3. The number of likely N-dealkylation sites (N-methyl/N-ethyl adjacent to an activating group) is 1. The van der Waals surface area contributed by atoms with E-state index in [1.807, 2.05) is 18.2 Å². The van der Waals surface area contributed by atoms with Crippen LogP contribution in [-0.4, -0.2) is 29.4 Å². The molecule has 3 nitrogen and oxygen atoms in total. The number of carbonyl (C=O) groups excluding carboxylic acids is 1. The molecule has 104 valence electrons. The topological polar surface area (TPSA) is 33.2 Å². The fraction of sp³-hybridized carbons (Fsp3) is 0.200. The molecule has 0 saturated heterocycles. The second kappa shape index (κ2) is 6.77. The zero-order chi connectivity index (χ0) is 14.5. The molecule has 0 aliphatic heterocycles. The third kappa shape index (κ3) is 3.74. The molecule has 0 atom stereocenters. The number of hydrogen-bond donors (Lipinski definition) is 1. The fourth-order valence-electron chi connectivity index (χ4n) is 1.81. The summed E-state index contributed by atoms with van der Waals surface area (Å²) in [5.74, 6) is -0.109. The van der Waals surface area contributed by atoms with Crippen LogP contribution in [-0.2, 0) is 6.42 Å². The van der Waals surface area contributed by atoms with Crippen molar-refractivity contribution in [3.05, 3.63) is 58.9 Å². The molecule has 0 saturated carbocycles. The van der Waals surface area contributed by atoms with E-state index in [-0.39, 0.29) is 5.91 Å². The van der Waals surface area contributed by atoms with Gasteiger partial charge in [-0.15, -0.1) is 12.6 Å². The smallest absolute Gasteiger partial charge is 0.255 e. The lowest BCUT2D eigenvalue weighted by Gasteiger charge is -2.18. The molecular weight excluding hydrogens is 292 g/mol. The Balaban J connectivity index is 2.03. The maximum atomic E-state index is 12.3. The molecule has 0 radical (unpaired) electrons. The number of carbonyl (C=O) groups is 1. The lowest BCUT2D eigenvalue weighted by Crippen LogP contribution is -2.29. The Hall–Kier alpha value is -1.52. The molecule has 1 aromatic carbocycles. The Morgan fingerprint density at radius 3 is 2.85 bits per heavy atom. The molecule has 2 aromatic rings. The average Bonchev–Trinajstić information content (AvgIpc) is 2.47. The van der Waals surface area contributed by atoms with Gasteiger partial charge in [0.05, 0.1) is 10.6 Å². The number of halogens is 1. The number of nitrogens with zero attached hydrogens (tertiary/aromatic N) is 2. The predicted molar refractivity (Wildman–Crippen MR) is 83.6 cm³/mol. The molecule has 0 fully saturated rings. The van der Waals surface area contributed by atoms with Crippen LogP contribution in [0.25, 0.3) is 0 Å². The van der Waals surface area contributed by atoms with Gasteiger partial charge in [-0.25, -0.2) is 0 Å². The van der Waals surface area contributed by atoms with Crippen LogP contribution in [0.5, 0.6) is 0 Å².